The number of amides is 1. The first-order valence-electron chi connectivity index (χ1n) is 7.73. The van der Waals surface area contributed by atoms with Crippen LogP contribution >= 0.6 is 24.0 Å². The van der Waals surface area contributed by atoms with Gasteiger partial charge in [0.05, 0.1) is 16.0 Å². The molecule has 3 N–H and O–H groups in total. The number of hydrogen-bond acceptors (Lipinski definition) is 5. The molecule has 2 aromatic rings. The largest absolute Gasteiger partial charge is 0.478 e. The van der Waals surface area contributed by atoms with Crippen LogP contribution in [0, 0.1) is 13.8 Å². The number of aryl methyl sites for hydroxylation is 1. The van der Waals surface area contributed by atoms with E-state index in [2.05, 4.69) is 5.32 Å². The van der Waals surface area contributed by atoms with Gasteiger partial charge in [-0.3, -0.25) is 4.79 Å². The normalized spacial score (nSPS) is 15.3. The lowest BCUT2D eigenvalue weighted by atomic mass is 10.1. The number of nitrogens with zero attached hydrogens (tertiary/aromatic N) is 1. The van der Waals surface area contributed by atoms with Gasteiger partial charge in [-0.25, -0.2) is 9.59 Å². The second-order valence-corrected chi connectivity index (χ2v) is 7.61. The molecule has 1 aromatic carbocycles. The van der Waals surface area contributed by atoms with Crippen LogP contribution in [0.5, 0.6) is 0 Å². The molecule has 1 aromatic heterocycles. The van der Waals surface area contributed by atoms with Gasteiger partial charge in [-0.05, 0) is 49.8 Å². The number of aromatic nitrogens is 1. The van der Waals surface area contributed by atoms with Crippen LogP contribution in [0.3, 0.4) is 0 Å². The first kappa shape index (κ1) is 18.9. The lowest BCUT2D eigenvalue weighted by Gasteiger charge is -2.12. The van der Waals surface area contributed by atoms with Crippen molar-refractivity contribution >= 4 is 52.2 Å². The van der Waals surface area contributed by atoms with E-state index in [-0.39, 0.29) is 17.0 Å². The monoisotopic (exact) mass is 402 g/mol. The fourth-order valence-electron chi connectivity index (χ4n) is 2.88. The molecular weight excluding hydrogens is 388 g/mol. The van der Waals surface area contributed by atoms with Crippen molar-refractivity contribution in [3.05, 3.63) is 57.2 Å². The van der Waals surface area contributed by atoms with Gasteiger partial charge in [-0.1, -0.05) is 24.0 Å². The van der Waals surface area contributed by atoms with Crippen LogP contribution in [-0.2, 0) is 4.79 Å². The Morgan fingerprint density at radius 1 is 1.11 bits per heavy atom. The third kappa shape index (κ3) is 3.64. The number of benzene rings is 1. The summed E-state index contributed by atoms with van der Waals surface area (Å²) in [5.41, 5.74) is 2.45. The van der Waals surface area contributed by atoms with Crippen LogP contribution in [0.25, 0.3) is 11.8 Å². The zero-order valence-corrected chi connectivity index (χ0v) is 15.9. The van der Waals surface area contributed by atoms with Gasteiger partial charge >= 0.3 is 11.9 Å². The molecule has 0 spiro atoms. The predicted molar refractivity (Wildman–Crippen MR) is 105 cm³/mol. The summed E-state index contributed by atoms with van der Waals surface area (Å²) in [4.78, 5) is 35.1. The molecule has 0 radical (unpaired) electrons. The zero-order valence-electron chi connectivity index (χ0n) is 14.3. The Kier molecular flexibility index (Phi) is 4.90. The van der Waals surface area contributed by atoms with E-state index < -0.39 is 11.9 Å². The van der Waals surface area contributed by atoms with Gasteiger partial charge in [-0.2, -0.15) is 0 Å². The molecule has 0 unspecified atom stereocenters. The summed E-state index contributed by atoms with van der Waals surface area (Å²) in [6.45, 7) is 3.62. The van der Waals surface area contributed by atoms with Crippen molar-refractivity contribution in [2.45, 2.75) is 13.8 Å². The topological polar surface area (TPSA) is 109 Å². The molecular formula is C18H14N2O5S2. The molecule has 0 aliphatic carbocycles. The number of rotatable bonds is 4. The second-order valence-electron chi connectivity index (χ2n) is 5.89. The van der Waals surface area contributed by atoms with Crippen LogP contribution in [0.4, 0.5) is 0 Å². The molecule has 1 fully saturated rings. The van der Waals surface area contributed by atoms with Crippen molar-refractivity contribution in [3.8, 4) is 5.69 Å². The standard InChI is InChI=1S/C18H14N2O5S2/c1-8-3-10(7-14-15(21)19-18(26)27-14)9(2)20(8)13-5-11(16(22)23)4-12(6-13)17(24)25/h3-7H,1-2H3,(H,22,23)(H,24,25)(H,19,21,26)/b14-7-. The van der Waals surface area contributed by atoms with Crippen LogP contribution in [-0.4, -0.2) is 36.9 Å². The van der Waals surface area contributed by atoms with Gasteiger partial charge in [0.1, 0.15) is 4.32 Å². The fraction of sp³-hybridized carbons (Fsp3) is 0.111. The summed E-state index contributed by atoms with van der Waals surface area (Å²) in [6, 6.07) is 5.78. The van der Waals surface area contributed by atoms with Gasteiger partial charge < -0.3 is 20.1 Å². The second kappa shape index (κ2) is 7.01. The van der Waals surface area contributed by atoms with Crippen molar-refractivity contribution < 1.29 is 24.6 Å². The lowest BCUT2D eigenvalue weighted by molar-refractivity contribution is -0.115. The zero-order chi connectivity index (χ0) is 19.9. The van der Waals surface area contributed by atoms with E-state index >= 15 is 0 Å². The van der Waals surface area contributed by atoms with Gasteiger partial charge in [0.2, 0.25) is 0 Å². The molecule has 0 saturated carbocycles. The Hall–Kier alpha value is -2.91. The quantitative estimate of drug-likeness (QED) is 0.533. The molecule has 7 nitrogen and oxygen atoms in total. The molecule has 1 amide bonds. The summed E-state index contributed by atoms with van der Waals surface area (Å²) in [7, 11) is 0. The summed E-state index contributed by atoms with van der Waals surface area (Å²) in [6.07, 6.45) is 1.71. The molecule has 1 aliphatic rings. The molecule has 9 heteroatoms. The first-order valence-corrected chi connectivity index (χ1v) is 8.95. The summed E-state index contributed by atoms with van der Waals surface area (Å²) >= 11 is 6.15. The fourth-order valence-corrected chi connectivity index (χ4v) is 3.92. The number of carbonyl (C=O) groups is 3. The third-order valence-corrected chi connectivity index (χ3v) is 5.23. The van der Waals surface area contributed by atoms with Crippen LogP contribution in [0.1, 0.15) is 37.7 Å². The van der Waals surface area contributed by atoms with E-state index in [9.17, 15) is 24.6 Å². The predicted octanol–water partition coefficient (Wildman–Crippen LogP) is 2.98. The highest BCUT2D eigenvalue weighted by atomic mass is 32.2. The average molecular weight is 402 g/mol. The smallest absolute Gasteiger partial charge is 0.335 e. The third-order valence-electron chi connectivity index (χ3n) is 4.07. The highest BCUT2D eigenvalue weighted by Gasteiger charge is 2.23. The Morgan fingerprint density at radius 2 is 1.70 bits per heavy atom. The minimum atomic E-state index is -1.21. The van der Waals surface area contributed by atoms with E-state index in [4.69, 9.17) is 12.2 Å². The van der Waals surface area contributed by atoms with E-state index in [1.165, 1.54) is 23.9 Å². The van der Waals surface area contributed by atoms with E-state index in [0.29, 0.717) is 14.9 Å². The van der Waals surface area contributed by atoms with Gasteiger partial charge in [0, 0.05) is 17.1 Å². The highest BCUT2D eigenvalue weighted by Crippen LogP contribution is 2.29. The average Bonchev–Trinajstić information content (AvgIpc) is 3.05. The van der Waals surface area contributed by atoms with Crippen molar-refractivity contribution in [2.24, 2.45) is 0 Å². The van der Waals surface area contributed by atoms with Crippen LogP contribution in [0.2, 0.25) is 0 Å². The lowest BCUT2D eigenvalue weighted by Crippen LogP contribution is -2.17. The minimum absolute atomic E-state index is 0.117. The summed E-state index contributed by atoms with van der Waals surface area (Å²) in [5.74, 6) is -2.69. The maximum Gasteiger partial charge on any atom is 0.335 e. The highest BCUT2D eigenvalue weighted by molar-refractivity contribution is 8.26. The number of carboxylic acid groups (broad SMARTS) is 2. The van der Waals surface area contributed by atoms with Gasteiger partial charge in [-0.15, -0.1) is 0 Å². The number of thioether (sulfide) groups is 1. The van der Waals surface area contributed by atoms with Crippen molar-refractivity contribution in [1.82, 2.24) is 9.88 Å². The number of thiocarbonyl (C=S) groups is 1. The number of nitrogens with one attached hydrogen (secondary N) is 1. The maximum absolute atomic E-state index is 11.9. The summed E-state index contributed by atoms with van der Waals surface area (Å²) in [5, 5.41) is 21.1. The van der Waals surface area contributed by atoms with E-state index in [1.54, 1.807) is 10.6 Å². The Balaban J connectivity index is 2.14. The molecule has 138 valence electrons. The van der Waals surface area contributed by atoms with Gasteiger partial charge in [0.15, 0.2) is 0 Å². The van der Waals surface area contributed by atoms with Crippen molar-refractivity contribution in [1.29, 1.82) is 0 Å². The Labute approximate surface area is 163 Å². The van der Waals surface area contributed by atoms with E-state index in [1.807, 2.05) is 19.9 Å². The van der Waals surface area contributed by atoms with Gasteiger partial charge in [0.25, 0.3) is 5.91 Å². The Bertz CT molecular complexity index is 1020. The van der Waals surface area contributed by atoms with Crippen LogP contribution < -0.4 is 5.32 Å². The SMILES string of the molecule is Cc1cc(/C=C2\SC(=S)NC2=O)c(C)n1-c1cc(C(=O)O)cc(C(=O)O)c1. The number of aromatic carboxylic acids is 2. The molecule has 27 heavy (non-hydrogen) atoms. The molecule has 3 rings (SSSR count). The van der Waals surface area contributed by atoms with Crippen molar-refractivity contribution in [2.75, 3.05) is 0 Å². The minimum Gasteiger partial charge on any atom is -0.478 e. The Morgan fingerprint density at radius 3 is 2.19 bits per heavy atom. The molecule has 2 heterocycles. The maximum atomic E-state index is 11.9. The number of carboxylic acids is 2. The number of hydrogen-bond donors (Lipinski definition) is 3. The first-order chi connectivity index (χ1) is 12.7. The molecule has 1 saturated heterocycles. The number of carbonyl (C=O) groups excluding carboxylic acids is 1. The van der Waals surface area contributed by atoms with Crippen LogP contribution in [0.15, 0.2) is 29.2 Å². The van der Waals surface area contributed by atoms with E-state index in [0.717, 1.165) is 23.0 Å². The molecule has 1 aliphatic heterocycles. The van der Waals surface area contributed by atoms with Crippen molar-refractivity contribution in [3.63, 3.8) is 0 Å². The molecule has 0 bridgehead atoms. The summed E-state index contributed by atoms with van der Waals surface area (Å²) < 4.78 is 2.14. The molecule has 0 atom stereocenters.